The Kier molecular flexibility index (Phi) is 21.0. The highest BCUT2D eigenvalue weighted by Gasteiger charge is 2.48. The van der Waals surface area contributed by atoms with E-state index in [1.165, 1.54) is 14.0 Å². The van der Waals surface area contributed by atoms with Crippen LogP contribution in [0.3, 0.4) is 0 Å². The van der Waals surface area contributed by atoms with E-state index in [1.54, 1.807) is 24.1 Å². The predicted octanol–water partition coefficient (Wildman–Crippen LogP) is 8.36. The van der Waals surface area contributed by atoms with Crippen molar-refractivity contribution in [1.82, 2.24) is 25.5 Å². The Labute approximate surface area is 412 Å². The normalized spacial score (nSPS) is 16.5. The Morgan fingerprint density at radius 1 is 0.771 bits per heavy atom. The molecule has 0 aliphatic heterocycles. The molecule has 5 rings (SSSR count). The Balaban J connectivity index is 1.58. The number of ether oxygens (including phenoxy) is 1. The number of benzene rings is 3. The number of rotatable bonds is 28. The van der Waals surface area contributed by atoms with Gasteiger partial charge in [-0.25, -0.2) is 9.55 Å². The molecule has 1 aliphatic carbocycles. The molecule has 20 heteroatoms. The van der Waals surface area contributed by atoms with E-state index in [2.05, 4.69) is 20.9 Å². The summed E-state index contributed by atoms with van der Waals surface area (Å²) in [5.41, 5.74) is 1.23. The summed E-state index contributed by atoms with van der Waals surface area (Å²) in [4.78, 5) is 76.0. The molecule has 3 aromatic carbocycles. The molecular formula is C50H66N5O12P3+2. The number of nitrogens with one attached hydrogen (secondary N) is 3. The topological polar surface area (TPSA) is 227 Å². The average Bonchev–Trinajstić information content (AvgIpc) is 4.02. The lowest BCUT2D eigenvalue weighted by Crippen LogP contribution is -2.51. The van der Waals surface area contributed by atoms with E-state index in [0.717, 1.165) is 39.0 Å². The minimum Gasteiger partial charge on any atom is -0.359 e. The highest BCUT2D eigenvalue weighted by Crippen LogP contribution is 2.61. The van der Waals surface area contributed by atoms with Crippen LogP contribution < -0.4 is 16.0 Å². The molecule has 1 fully saturated rings. The van der Waals surface area contributed by atoms with Gasteiger partial charge in [0, 0.05) is 45.5 Å². The molecule has 7 atom stereocenters. The Morgan fingerprint density at radius 3 is 1.74 bits per heavy atom. The second-order valence-electron chi connectivity index (χ2n) is 18.1. The van der Waals surface area contributed by atoms with E-state index in [4.69, 9.17) is 17.9 Å². The maximum Gasteiger partial charge on any atom is 0.560 e. The molecular weight excluding hydrogens is 955 g/mol. The van der Waals surface area contributed by atoms with Crippen LogP contribution in [0.4, 0.5) is 0 Å². The maximum absolute atomic E-state index is 15.1. The molecule has 1 saturated carbocycles. The lowest BCUT2D eigenvalue weighted by molar-refractivity contribution is -0.137. The fourth-order valence-electron chi connectivity index (χ4n) is 8.80. The lowest BCUT2D eigenvalue weighted by Gasteiger charge is -2.37. The van der Waals surface area contributed by atoms with E-state index in [9.17, 15) is 32.9 Å². The molecule has 376 valence electrons. The number of carbonyl (C=O) groups is 5. The van der Waals surface area contributed by atoms with Crippen LogP contribution in [0.1, 0.15) is 88.1 Å². The van der Waals surface area contributed by atoms with Crippen molar-refractivity contribution >= 4 is 53.2 Å². The van der Waals surface area contributed by atoms with Gasteiger partial charge in [0.2, 0.25) is 17.7 Å². The number of ketones is 2. The summed E-state index contributed by atoms with van der Waals surface area (Å²) in [6.45, 7) is 6.91. The van der Waals surface area contributed by atoms with Crippen LogP contribution >= 0.6 is 23.9 Å². The monoisotopic (exact) mass is 1020 g/mol. The minimum atomic E-state index is -4.83. The van der Waals surface area contributed by atoms with Gasteiger partial charge in [-0.15, -0.1) is 0 Å². The number of aryl methyl sites for hydroxylation is 1. The quantitative estimate of drug-likeness (QED) is 0.0359. The van der Waals surface area contributed by atoms with Crippen molar-refractivity contribution in [2.24, 2.45) is 30.7 Å². The van der Waals surface area contributed by atoms with Crippen molar-refractivity contribution in [1.29, 1.82) is 0 Å². The third-order valence-corrected chi connectivity index (χ3v) is 16.2. The van der Waals surface area contributed by atoms with Crippen LogP contribution in [0.25, 0.3) is 0 Å². The molecule has 0 spiro atoms. The first-order valence-corrected chi connectivity index (χ1v) is 28.2. The molecule has 0 saturated heterocycles. The first-order valence-electron chi connectivity index (χ1n) is 23.5. The zero-order valence-electron chi connectivity index (χ0n) is 40.9. The number of carbonyl (C=O) groups excluding carboxylic acids is 5. The number of amides is 3. The van der Waals surface area contributed by atoms with Crippen molar-refractivity contribution in [3.05, 3.63) is 126 Å². The smallest absolute Gasteiger partial charge is 0.359 e. The average molecular weight is 1020 g/mol. The van der Waals surface area contributed by atoms with E-state index in [0.29, 0.717) is 28.8 Å². The fourth-order valence-corrected chi connectivity index (χ4v) is 12.3. The molecule has 3 N–H and O–H groups in total. The molecule has 3 amide bonds. The van der Waals surface area contributed by atoms with E-state index >= 15 is 4.79 Å². The summed E-state index contributed by atoms with van der Waals surface area (Å²) in [5.74, 6) is -5.38. The number of Topliss-reactive ketones (excluding diaryl/α,β-unsaturated/α-hetero) is 2. The van der Waals surface area contributed by atoms with Gasteiger partial charge in [0.1, 0.15) is 11.6 Å². The van der Waals surface area contributed by atoms with Crippen LogP contribution in [0.5, 0.6) is 0 Å². The molecule has 1 aliphatic rings. The Hall–Kier alpha value is -5.11. The van der Waals surface area contributed by atoms with Gasteiger partial charge in [0.15, 0.2) is 24.9 Å². The first kappa shape index (κ1) is 55.8. The number of imidazole rings is 1. The van der Waals surface area contributed by atoms with E-state index in [-0.39, 0.29) is 36.4 Å². The SMILES string of the molecule is CNC(=O)[C@@H](CC(=O)[C@H](COC(c1ccccc1)(c1ccccc1)c1ccccc1)NC(=O)[C@@H](CC(=O)[C@H](CC(C)C)NC(=O)C1CCCC1)Cc1cn(C)cn1)[C@@H](C)OP(=O)(O[P+](C)=O)O[P+](C)=O. The number of hydrogen-bond donors (Lipinski definition) is 3. The van der Waals surface area contributed by atoms with Crippen molar-refractivity contribution in [3.63, 3.8) is 0 Å². The summed E-state index contributed by atoms with van der Waals surface area (Å²) >= 11 is 0. The van der Waals surface area contributed by atoms with Crippen LogP contribution in [-0.4, -0.2) is 84.0 Å². The molecule has 17 nitrogen and oxygen atoms in total. The first-order chi connectivity index (χ1) is 33.3. The van der Waals surface area contributed by atoms with E-state index in [1.807, 2.05) is 105 Å². The molecule has 70 heavy (non-hydrogen) atoms. The standard InChI is InChI=1S/C50H64N5O12P3/c1-34(2)27-43(53-47(58)36-19-17-18-20-36)45(56)29-37(28-41-31-55(5)33-52-41)48(59)54-44(46(57)30-42(49(60)51-4)35(3)65-70(63,66-68(6)61)67-69(7)62)32-64-50(38-21-11-8-12-22-38,39-23-13-9-14-24-39)40-25-15-10-16-26-40/h8-16,21-26,31,33-37,42-44H,17-20,27-30,32H2,1-7H3,(H-2,51,53,54,58,59,60)/p+2/t35-,37-,42+,43+,44+/m1/s1. The van der Waals surface area contributed by atoms with Gasteiger partial charge < -0.3 is 25.3 Å². The molecule has 1 heterocycles. The summed E-state index contributed by atoms with van der Waals surface area (Å²) in [5, 5.41) is 8.39. The zero-order valence-corrected chi connectivity index (χ0v) is 43.5. The number of phosphoric acid groups is 1. The highest BCUT2D eigenvalue weighted by atomic mass is 31.3. The van der Waals surface area contributed by atoms with Crippen LogP contribution in [0.2, 0.25) is 0 Å². The summed E-state index contributed by atoms with van der Waals surface area (Å²) in [7, 11) is -6.97. The van der Waals surface area contributed by atoms with Crippen molar-refractivity contribution in [2.45, 2.75) is 95.9 Å². The largest absolute Gasteiger partial charge is 0.560 e. The molecule has 2 unspecified atom stereocenters. The second kappa shape index (κ2) is 26.4. The molecule has 4 aromatic rings. The Morgan fingerprint density at radius 2 is 1.29 bits per heavy atom. The van der Waals surface area contributed by atoms with Crippen LogP contribution in [0, 0.1) is 23.7 Å². The van der Waals surface area contributed by atoms with Crippen molar-refractivity contribution < 1.29 is 55.5 Å². The minimum absolute atomic E-state index is 0.00642. The molecule has 1 aromatic heterocycles. The zero-order chi connectivity index (χ0) is 51.0. The summed E-state index contributed by atoms with van der Waals surface area (Å²) in [6.07, 6.45) is 4.58. The number of hydrogen-bond acceptors (Lipinski definition) is 13. The molecule has 0 bridgehead atoms. The van der Waals surface area contributed by atoms with Crippen LogP contribution in [-0.2, 0) is 74.6 Å². The van der Waals surface area contributed by atoms with Gasteiger partial charge in [-0.3, -0.25) is 28.5 Å². The predicted molar refractivity (Wildman–Crippen MR) is 265 cm³/mol. The van der Waals surface area contributed by atoms with E-state index < -0.39 is 90.1 Å². The van der Waals surface area contributed by atoms with Gasteiger partial charge in [-0.2, -0.15) is 0 Å². The number of aromatic nitrogens is 2. The molecule has 0 radical (unpaired) electrons. The third kappa shape index (κ3) is 15.7. The van der Waals surface area contributed by atoms with Gasteiger partial charge in [-0.05, 0) is 66.5 Å². The second-order valence-corrected chi connectivity index (χ2v) is 22.3. The summed E-state index contributed by atoms with van der Waals surface area (Å²) in [6, 6.07) is 25.7. The fraction of sp³-hybridized carbons (Fsp3) is 0.480. The van der Waals surface area contributed by atoms with Gasteiger partial charge in [0.05, 0.1) is 42.6 Å². The van der Waals surface area contributed by atoms with Crippen molar-refractivity contribution in [2.75, 3.05) is 27.0 Å². The van der Waals surface area contributed by atoms with Gasteiger partial charge in [0.25, 0.3) is 0 Å². The summed E-state index contributed by atoms with van der Waals surface area (Å²) < 4.78 is 62.1. The highest BCUT2D eigenvalue weighted by molar-refractivity contribution is 7.63. The van der Waals surface area contributed by atoms with Crippen molar-refractivity contribution in [3.8, 4) is 0 Å². The van der Waals surface area contributed by atoms with Gasteiger partial charge >= 0.3 is 23.9 Å². The third-order valence-electron chi connectivity index (χ3n) is 12.2. The van der Waals surface area contributed by atoms with Crippen LogP contribution in [0.15, 0.2) is 104 Å². The Bertz CT molecular complexity index is 2350. The van der Waals surface area contributed by atoms with Gasteiger partial charge in [-0.1, -0.05) is 118 Å². The number of nitrogens with zero attached hydrogens (tertiary/aromatic N) is 2. The lowest BCUT2D eigenvalue weighted by atomic mass is 9.80. The maximum atomic E-state index is 15.1.